The van der Waals surface area contributed by atoms with E-state index in [1.807, 2.05) is 0 Å². The third-order valence-electron chi connectivity index (χ3n) is 2.96. The zero-order valence-electron chi connectivity index (χ0n) is 12.2. The lowest BCUT2D eigenvalue weighted by molar-refractivity contribution is -0.114. The number of hydrogen-bond donors (Lipinski definition) is 2. The van der Waals surface area contributed by atoms with Crippen molar-refractivity contribution < 1.29 is 18.7 Å². The van der Waals surface area contributed by atoms with Gasteiger partial charge in [-0.1, -0.05) is 11.6 Å². The van der Waals surface area contributed by atoms with Crippen LogP contribution >= 0.6 is 11.6 Å². The molecule has 0 unspecified atom stereocenters. The molecule has 0 atom stereocenters. The van der Waals surface area contributed by atoms with Gasteiger partial charge in [0.05, 0.1) is 24.9 Å². The summed E-state index contributed by atoms with van der Waals surface area (Å²) in [4.78, 5) is 23.1. The fourth-order valence-electron chi connectivity index (χ4n) is 1.81. The summed E-state index contributed by atoms with van der Waals surface area (Å²) in [5, 5.41) is 5.56. The van der Waals surface area contributed by atoms with Crippen LogP contribution in [0.4, 0.5) is 15.8 Å². The predicted octanol–water partition coefficient (Wildman–Crippen LogP) is 3.32. The van der Waals surface area contributed by atoms with Crippen molar-refractivity contribution in [3.05, 3.63) is 58.9 Å². The topological polar surface area (TPSA) is 67.4 Å². The number of benzene rings is 2. The first-order valence-corrected chi connectivity index (χ1v) is 7.04. The Bertz CT molecular complexity index is 720. The van der Waals surface area contributed by atoms with E-state index in [9.17, 15) is 14.0 Å². The number of carbonyl (C=O) groups excluding carboxylic acids is 2. The van der Waals surface area contributed by atoms with E-state index >= 15 is 0 Å². The van der Waals surface area contributed by atoms with Crippen molar-refractivity contribution in [1.82, 2.24) is 0 Å². The highest BCUT2D eigenvalue weighted by Crippen LogP contribution is 2.18. The van der Waals surface area contributed by atoms with E-state index in [0.29, 0.717) is 11.3 Å². The Labute approximate surface area is 137 Å². The van der Waals surface area contributed by atoms with E-state index in [1.54, 1.807) is 24.3 Å². The maximum atomic E-state index is 13.6. The number of anilines is 2. The molecule has 0 radical (unpaired) electrons. The minimum atomic E-state index is -0.603. The Morgan fingerprint density at radius 2 is 1.87 bits per heavy atom. The summed E-state index contributed by atoms with van der Waals surface area (Å²) in [7, 11) is 1.30. The number of rotatable bonds is 5. The standard InChI is InChI=1S/C16H14ClFN2O3/c1-23-16(22)10-2-5-12(6-3-10)19-9-15(21)20-14-7-4-11(17)8-13(14)18/h2-8,19H,9H2,1H3,(H,20,21). The average Bonchev–Trinajstić information content (AvgIpc) is 2.55. The van der Waals surface area contributed by atoms with Gasteiger partial charge in [-0.25, -0.2) is 9.18 Å². The SMILES string of the molecule is COC(=O)c1ccc(NCC(=O)Nc2ccc(Cl)cc2F)cc1. The minimum Gasteiger partial charge on any atom is -0.465 e. The van der Waals surface area contributed by atoms with Gasteiger partial charge in [0.1, 0.15) is 5.82 Å². The van der Waals surface area contributed by atoms with Gasteiger partial charge in [-0.05, 0) is 42.5 Å². The van der Waals surface area contributed by atoms with Gasteiger partial charge in [0.15, 0.2) is 0 Å². The molecule has 2 aromatic carbocycles. The maximum Gasteiger partial charge on any atom is 0.337 e. The number of esters is 1. The molecule has 0 heterocycles. The van der Waals surface area contributed by atoms with E-state index in [2.05, 4.69) is 15.4 Å². The summed E-state index contributed by atoms with van der Waals surface area (Å²) >= 11 is 5.64. The fraction of sp³-hybridized carbons (Fsp3) is 0.125. The normalized spacial score (nSPS) is 10.0. The number of hydrogen-bond acceptors (Lipinski definition) is 4. The number of amides is 1. The molecule has 7 heteroatoms. The summed E-state index contributed by atoms with van der Waals surface area (Å²) in [6, 6.07) is 10.4. The van der Waals surface area contributed by atoms with Gasteiger partial charge in [0, 0.05) is 10.7 Å². The lowest BCUT2D eigenvalue weighted by atomic mass is 10.2. The van der Waals surface area contributed by atoms with E-state index < -0.39 is 17.7 Å². The molecule has 0 saturated carbocycles. The second kappa shape index (κ2) is 7.60. The van der Waals surface area contributed by atoms with Crippen LogP contribution in [0.5, 0.6) is 0 Å². The van der Waals surface area contributed by atoms with Crippen LogP contribution < -0.4 is 10.6 Å². The Morgan fingerprint density at radius 3 is 2.48 bits per heavy atom. The fourth-order valence-corrected chi connectivity index (χ4v) is 1.97. The molecule has 0 aromatic heterocycles. The van der Waals surface area contributed by atoms with Crippen molar-refractivity contribution in [3.63, 3.8) is 0 Å². The minimum absolute atomic E-state index is 0.0559. The van der Waals surface area contributed by atoms with E-state index in [-0.39, 0.29) is 17.3 Å². The monoisotopic (exact) mass is 336 g/mol. The van der Waals surface area contributed by atoms with Gasteiger partial charge in [0.25, 0.3) is 0 Å². The molecule has 0 saturated heterocycles. The van der Waals surface area contributed by atoms with Crippen molar-refractivity contribution in [3.8, 4) is 0 Å². The van der Waals surface area contributed by atoms with Crippen LogP contribution in [0.3, 0.4) is 0 Å². The second-order valence-corrected chi connectivity index (χ2v) is 5.03. The summed E-state index contributed by atoms with van der Waals surface area (Å²) < 4.78 is 18.2. The zero-order chi connectivity index (χ0) is 16.8. The highest BCUT2D eigenvalue weighted by Gasteiger charge is 2.08. The van der Waals surface area contributed by atoms with Crippen LogP contribution in [0.15, 0.2) is 42.5 Å². The second-order valence-electron chi connectivity index (χ2n) is 4.59. The third kappa shape index (κ3) is 4.69. The summed E-state index contributed by atoms with van der Waals surface area (Å²) in [5.41, 5.74) is 1.11. The summed E-state index contributed by atoms with van der Waals surface area (Å²) in [6.07, 6.45) is 0. The Morgan fingerprint density at radius 1 is 1.17 bits per heavy atom. The van der Waals surface area contributed by atoms with Crippen LogP contribution in [0.25, 0.3) is 0 Å². The molecule has 0 aliphatic heterocycles. The van der Waals surface area contributed by atoms with Gasteiger partial charge in [-0.2, -0.15) is 0 Å². The number of methoxy groups -OCH3 is 1. The third-order valence-corrected chi connectivity index (χ3v) is 3.20. The van der Waals surface area contributed by atoms with Gasteiger partial charge >= 0.3 is 5.97 Å². The zero-order valence-corrected chi connectivity index (χ0v) is 13.0. The first-order valence-electron chi connectivity index (χ1n) is 6.67. The molecule has 120 valence electrons. The predicted molar refractivity (Wildman–Crippen MR) is 86.3 cm³/mol. The van der Waals surface area contributed by atoms with Gasteiger partial charge < -0.3 is 15.4 Å². The molecule has 5 nitrogen and oxygen atoms in total. The first-order chi connectivity index (χ1) is 11.0. The largest absolute Gasteiger partial charge is 0.465 e. The van der Waals surface area contributed by atoms with Crippen LogP contribution in [-0.2, 0) is 9.53 Å². The molecule has 0 aliphatic carbocycles. The lowest BCUT2D eigenvalue weighted by Crippen LogP contribution is -2.22. The number of ether oxygens (including phenoxy) is 1. The number of halogens is 2. The maximum absolute atomic E-state index is 13.6. The molecule has 2 rings (SSSR count). The van der Waals surface area contributed by atoms with E-state index in [4.69, 9.17) is 11.6 Å². The smallest absolute Gasteiger partial charge is 0.337 e. The summed E-state index contributed by atoms with van der Waals surface area (Å²) in [6.45, 7) is -0.0559. The molecule has 0 spiro atoms. The molecule has 0 fully saturated rings. The van der Waals surface area contributed by atoms with Crippen LogP contribution in [0, 0.1) is 5.82 Å². The van der Waals surface area contributed by atoms with Crippen molar-refractivity contribution in [2.24, 2.45) is 0 Å². The average molecular weight is 337 g/mol. The Balaban J connectivity index is 1.90. The summed E-state index contributed by atoms with van der Waals surface area (Å²) in [5.74, 6) is -1.45. The highest BCUT2D eigenvalue weighted by molar-refractivity contribution is 6.30. The van der Waals surface area contributed by atoms with Crippen molar-refractivity contribution in [1.29, 1.82) is 0 Å². The van der Waals surface area contributed by atoms with Gasteiger partial charge in [0.2, 0.25) is 5.91 Å². The quantitative estimate of drug-likeness (QED) is 0.822. The molecule has 2 N–H and O–H groups in total. The molecular formula is C16H14ClFN2O3. The highest BCUT2D eigenvalue weighted by atomic mass is 35.5. The number of nitrogens with one attached hydrogen (secondary N) is 2. The van der Waals surface area contributed by atoms with E-state index in [1.165, 1.54) is 19.2 Å². The van der Waals surface area contributed by atoms with E-state index in [0.717, 1.165) is 6.07 Å². The number of carbonyl (C=O) groups is 2. The first kappa shape index (κ1) is 16.8. The van der Waals surface area contributed by atoms with Gasteiger partial charge in [-0.3, -0.25) is 4.79 Å². The lowest BCUT2D eigenvalue weighted by Gasteiger charge is -2.09. The molecular weight excluding hydrogens is 323 g/mol. The molecule has 2 aromatic rings. The molecule has 0 bridgehead atoms. The Kier molecular flexibility index (Phi) is 5.54. The van der Waals surface area contributed by atoms with Crippen LogP contribution in [0.2, 0.25) is 5.02 Å². The molecule has 0 aliphatic rings. The van der Waals surface area contributed by atoms with Crippen molar-refractivity contribution >= 4 is 34.9 Å². The van der Waals surface area contributed by atoms with Crippen molar-refractivity contribution in [2.45, 2.75) is 0 Å². The van der Waals surface area contributed by atoms with Crippen LogP contribution in [-0.4, -0.2) is 25.5 Å². The van der Waals surface area contributed by atoms with Crippen molar-refractivity contribution in [2.75, 3.05) is 24.3 Å². The van der Waals surface area contributed by atoms with Gasteiger partial charge in [-0.15, -0.1) is 0 Å². The molecule has 1 amide bonds. The van der Waals surface area contributed by atoms with Crippen LogP contribution in [0.1, 0.15) is 10.4 Å². The molecule has 23 heavy (non-hydrogen) atoms. The Hall–Kier alpha value is -2.60.